The van der Waals surface area contributed by atoms with E-state index in [1.54, 1.807) is 24.8 Å². The first-order valence-electron chi connectivity index (χ1n) is 5.29. The monoisotopic (exact) mass is 248 g/mol. The highest BCUT2D eigenvalue weighted by Crippen LogP contribution is 2.19. The van der Waals surface area contributed by atoms with Gasteiger partial charge in [-0.1, -0.05) is 11.6 Å². The van der Waals surface area contributed by atoms with Crippen LogP contribution in [0, 0.1) is 6.92 Å². The highest BCUT2D eigenvalue weighted by Gasteiger charge is 2.11. The number of rotatable bonds is 3. The van der Waals surface area contributed by atoms with Crippen molar-refractivity contribution in [2.75, 3.05) is 0 Å². The summed E-state index contributed by atoms with van der Waals surface area (Å²) >= 11 is 6.02. The molecule has 4 nitrogen and oxygen atoms in total. The van der Waals surface area contributed by atoms with Gasteiger partial charge in [-0.2, -0.15) is 0 Å². The summed E-state index contributed by atoms with van der Waals surface area (Å²) in [5.74, 6) is 0.628. The number of halogens is 1. The predicted molar refractivity (Wildman–Crippen MR) is 66.6 cm³/mol. The molecule has 2 N–H and O–H groups in total. The quantitative estimate of drug-likeness (QED) is 0.903. The van der Waals surface area contributed by atoms with Gasteiger partial charge in [0.1, 0.15) is 5.82 Å². The summed E-state index contributed by atoms with van der Waals surface area (Å²) in [6.07, 6.45) is 7.43. The van der Waals surface area contributed by atoms with Gasteiger partial charge in [-0.15, -0.1) is 0 Å². The number of hydrogen-bond acceptors (Lipinski definition) is 4. The number of pyridine rings is 1. The van der Waals surface area contributed by atoms with Gasteiger partial charge in [0.25, 0.3) is 0 Å². The molecule has 0 saturated carbocycles. The number of nitrogens with two attached hydrogens (primary N) is 1. The molecule has 1 atom stereocenters. The lowest BCUT2D eigenvalue weighted by atomic mass is 10.1. The van der Waals surface area contributed by atoms with Crippen molar-refractivity contribution in [3.05, 3.63) is 52.8 Å². The third-order valence-electron chi connectivity index (χ3n) is 2.43. The zero-order chi connectivity index (χ0) is 12.3. The number of aromatic nitrogens is 3. The minimum absolute atomic E-state index is 0.254. The van der Waals surface area contributed by atoms with E-state index in [2.05, 4.69) is 15.0 Å². The summed E-state index contributed by atoms with van der Waals surface area (Å²) in [4.78, 5) is 12.4. The van der Waals surface area contributed by atoms with Crippen molar-refractivity contribution >= 4 is 11.6 Å². The van der Waals surface area contributed by atoms with Gasteiger partial charge in [0.2, 0.25) is 0 Å². The normalized spacial score (nSPS) is 12.4. The number of nitrogens with zero attached hydrogens (tertiary/aromatic N) is 3. The molecule has 1 unspecified atom stereocenters. The van der Waals surface area contributed by atoms with Gasteiger partial charge >= 0.3 is 0 Å². The first-order valence-corrected chi connectivity index (χ1v) is 5.67. The van der Waals surface area contributed by atoms with E-state index >= 15 is 0 Å². The second kappa shape index (κ2) is 5.21. The van der Waals surface area contributed by atoms with Crippen LogP contribution in [0.3, 0.4) is 0 Å². The van der Waals surface area contributed by atoms with Crippen LogP contribution in [0.25, 0.3) is 0 Å². The Hall–Kier alpha value is -1.52. The fourth-order valence-corrected chi connectivity index (χ4v) is 1.69. The Morgan fingerprint density at radius 3 is 2.65 bits per heavy atom. The average Bonchev–Trinajstić information content (AvgIpc) is 2.33. The molecule has 17 heavy (non-hydrogen) atoms. The molecule has 2 aromatic rings. The Bertz CT molecular complexity index is 498. The standard InChI is InChI=1S/C12H13ClN4/c1-8-5-16-12(17-6-8)11(14)4-9-2-3-15-7-10(9)13/h2-3,5-7,11H,4,14H2,1H3. The lowest BCUT2D eigenvalue weighted by molar-refractivity contribution is 0.665. The Morgan fingerprint density at radius 2 is 2.00 bits per heavy atom. The summed E-state index contributed by atoms with van der Waals surface area (Å²) in [5.41, 5.74) is 8.02. The van der Waals surface area contributed by atoms with Crippen LogP contribution in [0.15, 0.2) is 30.9 Å². The fraction of sp³-hybridized carbons (Fsp3) is 0.250. The van der Waals surface area contributed by atoms with Gasteiger partial charge in [-0.25, -0.2) is 9.97 Å². The first kappa shape index (κ1) is 12.0. The topological polar surface area (TPSA) is 64.7 Å². The molecule has 2 aromatic heterocycles. The second-order valence-electron chi connectivity index (χ2n) is 3.90. The molecule has 0 aliphatic carbocycles. The predicted octanol–water partition coefficient (Wildman–Crippen LogP) is 2.08. The molecule has 2 heterocycles. The summed E-state index contributed by atoms with van der Waals surface area (Å²) in [7, 11) is 0. The van der Waals surface area contributed by atoms with E-state index in [-0.39, 0.29) is 6.04 Å². The minimum Gasteiger partial charge on any atom is -0.321 e. The van der Waals surface area contributed by atoms with E-state index in [1.165, 1.54) is 0 Å². The van der Waals surface area contributed by atoms with Crippen LogP contribution >= 0.6 is 11.6 Å². The zero-order valence-corrected chi connectivity index (χ0v) is 10.2. The van der Waals surface area contributed by atoms with Gasteiger partial charge in [0.05, 0.1) is 11.1 Å². The smallest absolute Gasteiger partial charge is 0.145 e. The van der Waals surface area contributed by atoms with Gasteiger partial charge in [0, 0.05) is 24.8 Å². The van der Waals surface area contributed by atoms with Crippen molar-refractivity contribution in [2.45, 2.75) is 19.4 Å². The second-order valence-corrected chi connectivity index (χ2v) is 4.30. The average molecular weight is 249 g/mol. The lowest BCUT2D eigenvalue weighted by Crippen LogP contribution is -2.16. The van der Waals surface area contributed by atoms with Crippen LogP contribution in [0.1, 0.15) is 23.0 Å². The van der Waals surface area contributed by atoms with Crippen LogP contribution in [-0.2, 0) is 6.42 Å². The third kappa shape index (κ3) is 2.99. The molecule has 0 radical (unpaired) electrons. The largest absolute Gasteiger partial charge is 0.321 e. The third-order valence-corrected chi connectivity index (χ3v) is 2.77. The SMILES string of the molecule is Cc1cnc(C(N)Cc2ccncc2Cl)nc1. The molecule has 0 amide bonds. The number of aryl methyl sites for hydroxylation is 1. The Morgan fingerprint density at radius 1 is 1.29 bits per heavy atom. The van der Waals surface area contributed by atoms with Gasteiger partial charge in [-0.3, -0.25) is 4.98 Å². The number of hydrogen-bond donors (Lipinski definition) is 1. The molecule has 0 aromatic carbocycles. The fourth-order valence-electron chi connectivity index (χ4n) is 1.49. The van der Waals surface area contributed by atoms with E-state index in [0.717, 1.165) is 11.1 Å². The van der Waals surface area contributed by atoms with Gasteiger partial charge < -0.3 is 5.73 Å². The molecular formula is C12H13ClN4. The Kier molecular flexibility index (Phi) is 3.66. The molecule has 5 heteroatoms. The Balaban J connectivity index is 2.14. The van der Waals surface area contributed by atoms with Crippen molar-refractivity contribution in [3.63, 3.8) is 0 Å². The van der Waals surface area contributed by atoms with Gasteiger partial charge in [0.15, 0.2) is 0 Å². The maximum atomic E-state index is 6.04. The van der Waals surface area contributed by atoms with E-state index in [0.29, 0.717) is 17.3 Å². The molecule has 2 rings (SSSR count). The van der Waals surface area contributed by atoms with Crippen LogP contribution in [0.5, 0.6) is 0 Å². The molecule has 0 aliphatic rings. The van der Waals surface area contributed by atoms with E-state index in [9.17, 15) is 0 Å². The molecule has 88 valence electrons. The van der Waals surface area contributed by atoms with Crippen molar-refractivity contribution in [1.29, 1.82) is 0 Å². The minimum atomic E-state index is -0.254. The van der Waals surface area contributed by atoms with Crippen molar-refractivity contribution < 1.29 is 0 Å². The maximum absolute atomic E-state index is 6.04. The zero-order valence-electron chi connectivity index (χ0n) is 9.47. The molecule has 0 saturated heterocycles. The van der Waals surface area contributed by atoms with Crippen LogP contribution in [0.4, 0.5) is 0 Å². The molecule has 0 spiro atoms. The molecule has 0 bridgehead atoms. The summed E-state index contributed by atoms with van der Waals surface area (Å²) in [6.45, 7) is 1.94. The van der Waals surface area contributed by atoms with Crippen LogP contribution < -0.4 is 5.73 Å². The summed E-state index contributed by atoms with van der Waals surface area (Å²) < 4.78 is 0. The van der Waals surface area contributed by atoms with E-state index < -0.39 is 0 Å². The highest BCUT2D eigenvalue weighted by molar-refractivity contribution is 6.31. The van der Waals surface area contributed by atoms with E-state index in [4.69, 9.17) is 17.3 Å². The van der Waals surface area contributed by atoms with Gasteiger partial charge in [-0.05, 0) is 30.5 Å². The van der Waals surface area contributed by atoms with Crippen LogP contribution in [0.2, 0.25) is 5.02 Å². The first-order chi connectivity index (χ1) is 8.16. The highest BCUT2D eigenvalue weighted by atomic mass is 35.5. The van der Waals surface area contributed by atoms with E-state index in [1.807, 2.05) is 13.0 Å². The van der Waals surface area contributed by atoms with Crippen molar-refractivity contribution in [1.82, 2.24) is 15.0 Å². The lowest BCUT2D eigenvalue weighted by Gasteiger charge is -2.11. The maximum Gasteiger partial charge on any atom is 0.145 e. The van der Waals surface area contributed by atoms with Crippen LogP contribution in [-0.4, -0.2) is 15.0 Å². The van der Waals surface area contributed by atoms with Crippen molar-refractivity contribution in [2.24, 2.45) is 5.73 Å². The molecule has 0 aliphatic heterocycles. The summed E-state index contributed by atoms with van der Waals surface area (Å²) in [5, 5.41) is 0.620. The molecule has 0 fully saturated rings. The van der Waals surface area contributed by atoms with Crippen molar-refractivity contribution in [3.8, 4) is 0 Å². The summed E-state index contributed by atoms with van der Waals surface area (Å²) in [6, 6.07) is 1.60. The Labute approximate surface area is 105 Å². The molecular weight excluding hydrogens is 236 g/mol.